The van der Waals surface area contributed by atoms with E-state index in [-0.39, 0.29) is 24.0 Å². The predicted molar refractivity (Wildman–Crippen MR) is 213 cm³/mol. The number of fused-ring (bicyclic) bond motifs is 1. The summed E-state index contributed by atoms with van der Waals surface area (Å²) in [5.74, 6) is 0.487. The van der Waals surface area contributed by atoms with E-state index >= 15 is 0 Å². The fourth-order valence-corrected chi connectivity index (χ4v) is 8.87. The van der Waals surface area contributed by atoms with Gasteiger partial charge in [0, 0.05) is 81.7 Å². The monoisotopic (exact) mass is 791 g/mol. The van der Waals surface area contributed by atoms with Crippen LogP contribution in [0.4, 0.5) is 11.6 Å². The van der Waals surface area contributed by atoms with Crippen molar-refractivity contribution in [1.82, 2.24) is 30.4 Å². The molecule has 0 bridgehead atoms. The summed E-state index contributed by atoms with van der Waals surface area (Å²) in [5.41, 5.74) is 3.09. The van der Waals surface area contributed by atoms with Crippen molar-refractivity contribution in [3.8, 4) is 11.8 Å². The number of carbonyl (C=O) groups excluding carboxylic acids is 4. The third kappa shape index (κ3) is 8.31. The van der Waals surface area contributed by atoms with E-state index in [9.17, 15) is 19.2 Å². The molecular formula is C42H46ClN9O5. The molecule has 3 aromatic rings. The van der Waals surface area contributed by atoms with Gasteiger partial charge >= 0.3 is 0 Å². The lowest BCUT2D eigenvalue weighted by atomic mass is 9.92. The molecule has 15 heteroatoms. The van der Waals surface area contributed by atoms with E-state index < -0.39 is 17.9 Å². The molecule has 296 valence electrons. The minimum Gasteiger partial charge on any atom is -0.490 e. The van der Waals surface area contributed by atoms with Crippen LogP contribution in [0.5, 0.6) is 5.75 Å². The van der Waals surface area contributed by atoms with Crippen molar-refractivity contribution in [3.63, 3.8) is 0 Å². The lowest BCUT2D eigenvalue weighted by Gasteiger charge is -2.39. The second-order valence-corrected chi connectivity index (χ2v) is 16.1. The molecule has 1 aromatic heterocycles. The number of aromatic nitrogens is 2. The molecule has 1 aliphatic carbocycles. The summed E-state index contributed by atoms with van der Waals surface area (Å²) in [6.07, 6.45) is 9.42. The highest BCUT2D eigenvalue weighted by molar-refractivity contribution is 6.31. The number of hydrogen-bond acceptors (Lipinski definition) is 11. The largest absolute Gasteiger partial charge is 0.490 e. The number of piperazine rings is 1. The molecule has 0 radical (unpaired) electrons. The Labute approximate surface area is 336 Å². The van der Waals surface area contributed by atoms with E-state index in [2.05, 4.69) is 47.9 Å². The standard InChI is InChI=1S/C42H46ClN9O5/c1-26-2-11-37(39(54)47-26)52-40(55)34-10-6-31(20-35(34)41(52)56)50-18-16-49(17-19-50)25-27-12-14-51(15-13-27)42-45-23-29(24-46-42)38(53)48-30-4-8-32(9-5-30)57-33-7-3-28(22-44)36(43)21-33/h3,6-7,10,20-21,23-24,27,30,32,37H,1-2,4-5,8-9,11-19,25H2,(H,47,54)(H,48,53)/t30-,32-,37?. The van der Waals surface area contributed by atoms with Crippen molar-refractivity contribution in [2.24, 2.45) is 5.92 Å². The zero-order valence-electron chi connectivity index (χ0n) is 31.8. The number of carbonyl (C=O) groups is 4. The first-order valence-electron chi connectivity index (χ1n) is 19.9. The zero-order valence-corrected chi connectivity index (χ0v) is 32.5. The van der Waals surface area contributed by atoms with Gasteiger partial charge in [-0.15, -0.1) is 0 Å². The van der Waals surface area contributed by atoms with Crippen LogP contribution in [0.1, 0.15) is 88.0 Å². The van der Waals surface area contributed by atoms with Gasteiger partial charge in [0.05, 0.1) is 33.4 Å². The van der Waals surface area contributed by atoms with Gasteiger partial charge in [0.2, 0.25) is 11.9 Å². The van der Waals surface area contributed by atoms with Crippen LogP contribution in [0, 0.1) is 17.2 Å². The molecule has 57 heavy (non-hydrogen) atoms. The molecule has 2 N–H and O–H groups in total. The van der Waals surface area contributed by atoms with Crippen molar-refractivity contribution in [2.45, 2.75) is 69.6 Å². The van der Waals surface area contributed by atoms with E-state index in [1.54, 1.807) is 36.7 Å². The number of nitriles is 1. The predicted octanol–water partition coefficient (Wildman–Crippen LogP) is 4.55. The molecule has 4 amide bonds. The van der Waals surface area contributed by atoms with Gasteiger partial charge < -0.3 is 25.2 Å². The van der Waals surface area contributed by atoms with Crippen molar-refractivity contribution in [3.05, 3.63) is 88.3 Å². The molecule has 8 rings (SSSR count). The number of allylic oxidation sites excluding steroid dienone is 1. The Balaban J connectivity index is 0.753. The number of piperidine rings is 2. The van der Waals surface area contributed by atoms with Gasteiger partial charge in [0.15, 0.2) is 0 Å². The fourth-order valence-electron chi connectivity index (χ4n) is 8.65. The van der Waals surface area contributed by atoms with Gasteiger partial charge in [-0.25, -0.2) is 9.97 Å². The Hall–Kier alpha value is -5.52. The second kappa shape index (κ2) is 16.5. The molecule has 5 aliphatic rings. The van der Waals surface area contributed by atoms with E-state index in [0.29, 0.717) is 63.4 Å². The lowest BCUT2D eigenvalue weighted by Crippen LogP contribution is -2.51. The summed E-state index contributed by atoms with van der Waals surface area (Å²) in [7, 11) is 0. The maximum absolute atomic E-state index is 13.4. The Morgan fingerprint density at radius 2 is 1.61 bits per heavy atom. The Morgan fingerprint density at radius 1 is 0.895 bits per heavy atom. The van der Waals surface area contributed by atoms with Crippen LogP contribution in [-0.4, -0.2) is 107 Å². The number of imide groups is 1. The molecule has 0 spiro atoms. The highest BCUT2D eigenvalue weighted by atomic mass is 35.5. The molecule has 4 fully saturated rings. The third-order valence-corrected chi connectivity index (χ3v) is 12.3. The quantitative estimate of drug-likeness (QED) is 0.293. The number of nitrogens with zero attached hydrogens (tertiary/aromatic N) is 7. The topological polar surface area (TPSA) is 164 Å². The smallest absolute Gasteiger partial charge is 0.262 e. The fraction of sp³-hybridized carbons (Fsp3) is 0.452. The summed E-state index contributed by atoms with van der Waals surface area (Å²) >= 11 is 6.15. The second-order valence-electron chi connectivity index (χ2n) is 15.7. The number of halogens is 1. The van der Waals surface area contributed by atoms with Gasteiger partial charge in [-0.2, -0.15) is 5.26 Å². The van der Waals surface area contributed by atoms with Crippen LogP contribution in [-0.2, 0) is 4.79 Å². The third-order valence-electron chi connectivity index (χ3n) is 12.0. The molecule has 3 saturated heterocycles. The van der Waals surface area contributed by atoms with Crippen LogP contribution in [0.2, 0.25) is 5.02 Å². The zero-order chi connectivity index (χ0) is 39.6. The number of hydrogen-bond donors (Lipinski definition) is 2. The van der Waals surface area contributed by atoms with Crippen LogP contribution in [0.25, 0.3) is 0 Å². The number of rotatable bonds is 9. The molecular weight excluding hydrogens is 746 g/mol. The summed E-state index contributed by atoms with van der Waals surface area (Å²) in [4.78, 5) is 69.3. The van der Waals surface area contributed by atoms with E-state index in [1.807, 2.05) is 12.1 Å². The number of anilines is 2. The minimum absolute atomic E-state index is 0.0263. The molecule has 1 unspecified atom stereocenters. The number of amides is 4. The molecule has 2 aromatic carbocycles. The number of ether oxygens (including phenoxy) is 1. The van der Waals surface area contributed by atoms with E-state index in [1.165, 1.54) is 0 Å². The van der Waals surface area contributed by atoms with Crippen LogP contribution >= 0.6 is 11.6 Å². The maximum atomic E-state index is 13.4. The van der Waals surface area contributed by atoms with Crippen LogP contribution in [0.3, 0.4) is 0 Å². The number of benzene rings is 2. The van der Waals surface area contributed by atoms with E-state index in [0.717, 1.165) is 94.9 Å². The van der Waals surface area contributed by atoms with Crippen molar-refractivity contribution < 1.29 is 23.9 Å². The Kier molecular flexibility index (Phi) is 11.1. The van der Waals surface area contributed by atoms with Crippen molar-refractivity contribution in [2.75, 3.05) is 55.6 Å². The van der Waals surface area contributed by atoms with Gasteiger partial charge in [-0.1, -0.05) is 18.2 Å². The minimum atomic E-state index is -0.818. The van der Waals surface area contributed by atoms with Gasteiger partial charge in [-0.05, 0) is 87.6 Å². The Bertz CT molecular complexity index is 2100. The van der Waals surface area contributed by atoms with Crippen LogP contribution in [0.15, 0.2) is 61.1 Å². The summed E-state index contributed by atoms with van der Waals surface area (Å²) < 4.78 is 6.08. The van der Waals surface area contributed by atoms with Gasteiger partial charge in [-0.3, -0.25) is 29.0 Å². The average Bonchev–Trinajstić information content (AvgIpc) is 3.47. The summed E-state index contributed by atoms with van der Waals surface area (Å²) in [5, 5.41) is 15.3. The van der Waals surface area contributed by atoms with Gasteiger partial charge in [0.1, 0.15) is 17.9 Å². The normalized spacial score (nSPS) is 23.2. The summed E-state index contributed by atoms with van der Waals surface area (Å²) in [6.45, 7) is 9.95. The maximum Gasteiger partial charge on any atom is 0.262 e. The molecule has 4 aliphatic heterocycles. The van der Waals surface area contributed by atoms with Gasteiger partial charge in [0.25, 0.3) is 17.7 Å². The highest BCUT2D eigenvalue weighted by Gasteiger charge is 2.44. The molecule has 14 nitrogen and oxygen atoms in total. The molecule has 1 atom stereocenters. The molecule has 1 saturated carbocycles. The summed E-state index contributed by atoms with van der Waals surface area (Å²) in [6, 6.07) is 11.8. The SMILES string of the molecule is C=C1CCC(N2C(=O)c3ccc(N4CCN(CC5CCN(c6ncc(C(=O)N[C@H]7CC[C@H](Oc8ccc(C#N)c(Cl)c8)CC7)cn6)CC5)CC4)cc3C2=O)C(=O)N1. The molecule has 5 heterocycles. The average molecular weight is 792 g/mol. The first-order chi connectivity index (χ1) is 27.6. The first kappa shape index (κ1) is 38.4. The highest BCUT2D eigenvalue weighted by Crippen LogP contribution is 2.32. The lowest BCUT2D eigenvalue weighted by molar-refractivity contribution is -0.125. The number of nitrogens with one attached hydrogen (secondary N) is 2. The first-order valence-corrected chi connectivity index (χ1v) is 20.2. The van der Waals surface area contributed by atoms with Crippen molar-refractivity contribution in [1.29, 1.82) is 5.26 Å². The Morgan fingerprint density at radius 3 is 2.30 bits per heavy atom. The van der Waals surface area contributed by atoms with E-state index in [4.69, 9.17) is 21.6 Å². The van der Waals surface area contributed by atoms with Crippen LogP contribution < -0.4 is 25.2 Å². The van der Waals surface area contributed by atoms with Crippen molar-refractivity contribution >= 4 is 46.9 Å².